The highest BCUT2D eigenvalue weighted by molar-refractivity contribution is 5.77. The van der Waals surface area contributed by atoms with Crippen molar-refractivity contribution in [3.63, 3.8) is 0 Å². The van der Waals surface area contributed by atoms with Gasteiger partial charge in [0.05, 0.1) is 0 Å². The van der Waals surface area contributed by atoms with E-state index < -0.39 is 6.29 Å². The molecule has 96 valence electrons. The predicted molar refractivity (Wildman–Crippen MR) is 63.5 cm³/mol. The largest absolute Gasteiger partial charge is 0.586 e. The zero-order valence-electron chi connectivity index (χ0n) is 9.60. The summed E-state index contributed by atoms with van der Waals surface area (Å²) in [7, 11) is 0. The minimum Gasteiger partial charge on any atom is -0.395 e. The van der Waals surface area contributed by atoms with Crippen LogP contribution in [0.2, 0.25) is 0 Å². The maximum absolute atomic E-state index is 12.9. The molecule has 0 spiro atoms. The fourth-order valence-corrected chi connectivity index (χ4v) is 1.88. The average molecular weight is 262 g/mol. The number of halogens is 2. The first-order chi connectivity index (χ1) is 9.07. The molecule has 1 aliphatic rings. The van der Waals surface area contributed by atoms with Crippen molar-refractivity contribution in [2.75, 3.05) is 0 Å². The van der Waals surface area contributed by atoms with Crippen molar-refractivity contribution in [2.24, 2.45) is 0 Å². The van der Waals surface area contributed by atoms with Gasteiger partial charge in [-0.3, -0.25) is 4.79 Å². The van der Waals surface area contributed by atoms with Gasteiger partial charge in [0.15, 0.2) is 11.5 Å². The van der Waals surface area contributed by atoms with Crippen LogP contribution in [0, 0.1) is 0 Å². The van der Waals surface area contributed by atoms with Crippen molar-refractivity contribution in [2.45, 2.75) is 6.29 Å². The fraction of sp³-hybridized carbons (Fsp3) is 0.0714. The molecule has 0 aromatic heterocycles. The summed E-state index contributed by atoms with van der Waals surface area (Å²) in [5.41, 5.74) is 2.06. The topological polar surface area (TPSA) is 35.5 Å². The molecule has 2 aromatic rings. The van der Waals surface area contributed by atoms with Gasteiger partial charge < -0.3 is 9.47 Å². The van der Waals surface area contributed by atoms with Gasteiger partial charge in [0.2, 0.25) is 0 Å². The second-order valence-electron chi connectivity index (χ2n) is 4.07. The van der Waals surface area contributed by atoms with Crippen LogP contribution in [-0.2, 0) is 0 Å². The zero-order valence-corrected chi connectivity index (χ0v) is 9.60. The van der Waals surface area contributed by atoms with E-state index in [4.69, 9.17) is 0 Å². The molecule has 0 amide bonds. The first-order valence-corrected chi connectivity index (χ1v) is 5.53. The molecule has 0 N–H and O–H groups in total. The van der Waals surface area contributed by atoms with Crippen molar-refractivity contribution in [1.82, 2.24) is 0 Å². The van der Waals surface area contributed by atoms with Crippen LogP contribution in [0.3, 0.4) is 0 Å². The molecular weight excluding hydrogens is 254 g/mol. The lowest BCUT2D eigenvalue weighted by atomic mass is 10.0. The molecule has 2 aromatic carbocycles. The van der Waals surface area contributed by atoms with E-state index in [1.165, 1.54) is 12.1 Å². The van der Waals surface area contributed by atoms with Gasteiger partial charge >= 0.3 is 6.29 Å². The van der Waals surface area contributed by atoms with Gasteiger partial charge in [-0.1, -0.05) is 30.3 Å². The minimum absolute atomic E-state index is 0.00182. The summed E-state index contributed by atoms with van der Waals surface area (Å²) in [6.07, 6.45) is -2.87. The third kappa shape index (κ3) is 2.14. The van der Waals surface area contributed by atoms with Crippen LogP contribution in [0.15, 0.2) is 42.5 Å². The first kappa shape index (κ1) is 11.6. The summed E-state index contributed by atoms with van der Waals surface area (Å²) in [5, 5.41) is 0. The molecule has 0 radical (unpaired) electrons. The van der Waals surface area contributed by atoms with E-state index in [-0.39, 0.29) is 11.5 Å². The Morgan fingerprint density at radius 3 is 2.21 bits per heavy atom. The smallest absolute Gasteiger partial charge is 0.395 e. The Morgan fingerprint density at radius 1 is 0.895 bits per heavy atom. The second kappa shape index (κ2) is 4.05. The number of hydrogen-bond donors (Lipinski definition) is 0. The maximum Gasteiger partial charge on any atom is 0.586 e. The Hall–Kier alpha value is -2.43. The maximum atomic E-state index is 12.9. The van der Waals surface area contributed by atoms with E-state index in [9.17, 15) is 13.6 Å². The summed E-state index contributed by atoms with van der Waals surface area (Å²) >= 11 is 0. The number of carbonyl (C=O) groups is 1. The van der Waals surface area contributed by atoms with Crippen LogP contribution in [0.25, 0.3) is 11.1 Å². The zero-order chi connectivity index (χ0) is 13.5. The van der Waals surface area contributed by atoms with Gasteiger partial charge in [-0.15, -0.1) is 8.78 Å². The Balaban J connectivity index is 1.97. The molecule has 1 aliphatic heterocycles. The highest BCUT2D eigenvalue weighted by Crippen LogP contribution is 2.42. The van der Waals surface area contributed by atoms with Gasteiger partial charge in [0.1, 0.15) is 6.29 Å². The lowest BCUT2D eigenvalue weighted by Crippen LogP contribution is -2.25. The summed E-state index contributed by atoms with van der Waals surface area (Å²) < 4.78 is 34.5. The van der Waals surface area contributed by atoms with Gasteiger partial charge in [-0.05, 0) is 23.3 Å². The SMILES string of the molecule is O=Cc1ccc(-c2ccc3c(c2)OC(F)(F)O3)cc1. The Labute approximate surface area is 107 Å². The monoisotopic (exact) mass is 262 g/mol. The number of benzene rings is 2. The number of alkyl halides is 2. The molecule has 0 aliphatic carbocycles. The molecule has 0 bridgehead atoms. The Morgan fingerprint density at radius 2 is 1.53 bits per heavy atom. The molecule has 3 nitrogen and oxygen atoms in total. The van der Waals surface area contributed by atoms with Crippen LogP contribution in [-0.4, -0.2) is 12.6 Å². The number of rotatable bonds is 2. The summed E-state index contributed by atoms with van der Waals surface area (Å²) in [4.78, 5) is 10.6. The third-order valence-corrected chi connectivity index (χ3v) is 2.78. The molecule has 0 unspecified atom stereocenters. The first-order valence-electron chi connectivity index (χ1n) is 5.53. The molecule has 1 heterocycles. The van der Waals surface area contributed by atoms with E-state index in [1.54, 1.807) is 30.3 Å². The van der Waals surface area contributed by atoms with Gasteiger partial charge in [-0.25, -0.2) is 0 Å². The van der Waals surface area contributed by atoms with Gasteiger partial charge in [0.25, 0.3) is 0 Å². The molecule has 0 fully saturated rings. The predicted octanol–water partition coefficient (Wildman–Crippen LogP) is 3.49. The summed E-state index contributed by atoms with van der Waals surface area (Å²) in [6, 6.07) is 11.3. The highest BCUT2D eigenvalue weighted by atomic mass is 19.3. The number of carbonyl (C=O) groups excluding carboxylic acids is 1. The molecule has 3 rings (SSSR count). The molecule has 5 heteroatoms. The van der Waals surface area contributed by atoms with Gasteiger partial charge in [0, 0.05) is 5.56 Å². The molecule has 0 atom stereocenters. The Bertz CT molecular complexity index is 636. The molecule has 19 heavy (non-hydrogen) atoms. The van der Waals surface area contributed by atoms with Crippen molar-refractivity contribution >= 4 is 6.29 Å². The van der Waals surface area contributed by atoms with Crippen LogP contribution < -0.4 is 9.47 Å². The molecule has 0 saturated carbocycles. The quantitative estimate of drug-likeness (QED) is 0.777. The fourth-order valence-electron chi connectivity index (χ4n) is 1.88. The lowest BCUT2D eigenvalue weighted by Gasteiger charge is -2.04. The van der Waals surface area contributed by atoms with Crippen LogP contribution in [0.5, 0.6) is 11.5 Å². The second-order valence-corrected chi connectivity index (χ2v) is 4.07. The molecule has 0 saturated heterocycles. The number of aldehydes is 1. The van der Waals surface area contributed by atoms with Crippen LogP contribution in [0.1, 0.15) is 10.4 Å². The third-order valence-electron chi connectivity index (χ3n) is 2.78. The van der Waals surface area contributed by atoms with Crippen molar-refractivity contribution in [3.05, 3.63) is 48.0 Å². The van der Waals surface area contributed by atoms with Crippen molar-refractivity contribution < 1.29 is 23.0 Å². The van der Waals surface area contributed by atoms with Crippen molar-refractivity contribution in [1.29, 1.82) is 0 Å². The summed E-state index contributed by atoms with van der Waals surface area (Å²) in [6.45, 7) is 0. The van der Waals surface area contributed by atoms with Gasteiger partial charge in [-0.2, -0.15) is 0 Å². The normalized spacial score (nSPS) is 15.3. The number of ether oxygens (including phenoxy) is 2. The summed E-state index contributed by atoms with van der Waals surface area (Å²) in [5.74, 6) is 0.0141. The average Bonchev–Trinajstić information content (AvgIpc) is 2.71. The van der Waals surface area contributed by atoms with E-state index in [0.717, 1.165) is 11.8 Å². The van der Waals surface area contributed by atoms with Crippen molar-refractivity contribution in [3.8, 4) is 22.6 Å². The lowest BCUT2D eigenvalue weighted by molar-refractivity contribution is -0.286. The Kier molecular flexibility index (Phi) is 2.48. The number of fused-ring (bicyclic) bond motifs is 1. The van der Waals surface area contributed by atoms with Crippen LogP contribution in [0.4, 0.5) is 8.78 Å². The standard InChI is InChI=1S/C14H8F2O3/c15-14(16)18-12-6-5-11(7-13(12)19-14)10-3-1-9(8-17)2-4-10/h1-8H. The van der Waals surface area contributed by atoms with E-state index in [1.807, 2.05) is 0 Å². The van der Waals surface area contributed by atoms with E-state index in [0.29, 0.717) is 11.1 Å². The van der Waals surface area contributed by atoms with E-state index in [2.05, 4.69) is 9.47 Å². The van der Waals surface area contributed by atoms with Crippen LogP contribution >= 0.6 is 0 Å². The molecular formula is C14H8F2O3. The highest BCUT2D eigenvalue weighted by Gasteiger charge is 2.43. The van der Waals surface area contributed by atoms with E-state index >= 15 is 0 Å². The minimum atomic E-state index is -3.61. The number of hydrogen-bond acceptors (Lipinski definition) is 3.